The molecule has 0 atom stereocenters. The molecule has 0 aliphatic carbocycles. The molecular formula is C11H18F3N3O2. The average Bonchev–Trinajstić information content (AvgIpc) is 2.65. The predicted octanol–water partition coefficient (Wildman–Crippen LogP) is 1.55. The van der Waals surface area contributed by atoms with E-state index in [4.69, 9.17) is 5.11 Å². The van der Waals surface area contributed by atoms with Crippen LogP contribution in [0.2, 0.25) is 0 Å². The van der Waals surface area contributed by atoms with Crippen LogP contribution in [0.15, 0.2) is 0 Å². The molecule has 0 saturated heterocycles. The van der Waals surface area contributed by atoms with Crippen molar-refractivity contribution in [3.8, 4) is 0 Å². The molecule has 0 amide bonds. The second-order valence-electron chi connectivity index (χ2n) is 4.61. The van der Waals surface area contributed by atoms with E-state index in [9.17, 15) is 13.2 Å². The van der Waals surface area contributed by atoms with Gasteiger partial charge in [0.15, 0.2) is 5.82 Å². The van der Waals surface area contributed by atoms with Gasteiger partial charge in [-0.25, -0.2) is 0 Å². The molecule has 1 rings (SSSR count). The summed E-state index contributed by atoms with van der Waals surface area (Å²) in [6.45, 7) is 3.00. The second kappa shape index (κ2) is 6.85. The fourth-order valence-electron chi connectivity index (χ4n) is 1.60. The standard InChI is InChI=1S/C11H18F3N3O2/c1-8(2)5-17-9(15-16-10(17)6-18)3-4-19-7-11(12,13)14/h8,18H,3-7H2,1-2H3. The lowest BCUT2D eigenvalue weighted by atomic mass is 10.2. The maximum absolute atomic E-state index is 11.9. The summed E-state index contributed by atoms with van der Waals surface area (Å²) in [5.41, 5.74) is 0. The average molecular weight is 281 g/mol. The largest absolute Gasteiger partial charge is 0.411 e. The van der Waals surface area contributed by atoms with Crippen LogP contribution in [0.1, 0.15) is 25.5 Å². The van der Waals surface area contributed by atoms with Crippen LogP contribution in [0, 0.1) is 5.92 Å². The van der Waals surface area contributed by atoms with E-state index in [-0.39, 0.29) is 19.6 Å². The van der Waals surface area contributed by atoms with Crippen LogP contribution >= 0.6 is 0 Å². The van der Waals surface area contributed by atoms with E-state index in [1.807, 2.05) is 13.8 Å². The fraction of sp³-hybridized carbons (Fsp3) is 0.818. The first-order chi connectivity index (χ1) is 8.83. The van der Waals surface area contributed by atoms with Gasteiger partial charge in [0.2, 0.25) is 0 Å². The molecule has 0 fully saturated rings. The number of hydrogen-bond donors (Lipinski definition) is 1. The molecule has 110 valence electrons. The van der Waals surface area contributed by atoms with Crippen LogP contribution in [0.25, 0.3) is 0 Å². The zero-order valence-corrected chi connectivity index (χ0v) is 10.9. The van der Waals surface area contributed by atoms with E-state index < -0.39 is 12.8 Å². The molecule has 0 aliphatic heterocycles. The maximum Gasteiger partial charge on any atom is 0.411 e. The van der Waals surface area contributed by atoms with Gasteiger partial charge < -0.3 is 14.4 Å². The molecule has 0 spiro atoms. The van der Waals surface area contributed by atoms with Gasteiger partial charge in [0, 0.05) is 13.0 Å². The summed E-state index contributed by atoms with van der Waals surface area (Å²) < 4.78 is 42.0. The van der Waals surface area contributed by atoms with Gasteiger partial charge in [-0.2, -0.15) is 13.2 Å². The van der Waals surface area contributed by atoms with Crippen LogP contribution in [0.4, 0.5) is 13.2 Å². The third kappa shape index (κ3) is 5.56. The van der Waals surface area contributed by atoms with Crippen molar-refractivity contribution in [1.82, 2.24) is 14.8 Å². The van der Waals surface area contributed by atoms with Gasteiger partial charge in [0.1, 0.15) is 19.0 Å². The molecule has 5 nitrogen and oxygen atoms in total. The topological polar surface area (TPSA) is 60.2 Å². The molecule has 0 saturated carbocycles. The summed E-state index contributed by atoms with van der Waals surface area (Å²) in [5, 5.41) is 16.8. The number of hydrogen-bond acceptors (Lipinski definition) is 4. The molecule has 0 aromatic carbocycles. The molecule has 1 aromatic rings. The minimum atomic E-state index is -4.32. The highest BCUT2D eigenvalue weighted by molar-refractivity contribution is 4.95. The van der Waals surface area contributed by atoms with E-state index in [1.165, 1.54) is 0 Å². The number of aliphatic hydroxyl groups excluding tert-OH is 1. The quantitative estimate of drug-likeness (QED) is 0.770. The summed E-state index contributed by atoms with van der Waals surface area (Å²) in [6, 6.07) is 0. The summed E-state index contributed by atoms with van der Waals surface area (Å²) in [5.74, 6) is 1.26. The minimum Gasteiger partial charge on any atom is -0.388 e. The van der Waals surface area contributed by atoms with Crippen LogP contribution in [0.5, 0.6) is 0 Å². The van der Waals surface area contributed by atoms with Crippen LogP contribution in [-0.4, -0.2) is 39.3 Å². The monoisotopic (exact) mass is 281 g/mol. The summed E-state index contributed by atoms with van der Waals surface area (Å²) >= 11 is 0. The van der Waals surface area contributed by atoms with E-state index in [2.05, 4.69) is 14.9 Å². The zero-order valence-electron chi connectivity index (χ0n) is 10.9. The molecule has 0 aliphatic rings. The Morgan fingerprint density at radius 3 is 2.42 bits per heavy atom. The first-order valence-corrected chi connectivity index (χ1v) is 5.99. The smallest absolute Gasteiger partial charge is 0.388 e. The first-order valence-electron chi connectivity index (χ1n) is 5.99. The SMILES string of the molecule is CC(C)Cn1c(CO)nnc1CCOCC(F)(F)F. The Morgan fingerprint density at radius 2 is 1.89 bits per heavy atom. The summed E-state index contributed by atoms with van der Waals surface area (Å²) in [7, 11) is 0. The van der Waals surface area contributed by atoms with Gasteiger partial charge in [-0.15, -0.1) is 10.2 Å². The third-order valence-electron chi connectivity index (χ3n) is 2.33. The Hall–Kier alpha value is -1.15. The highest BCUT2D eigenvalue weighted by atomic mass is 19.4. The highest BCUT2D eigenvalue weighted by Crippen LogP contribution is 2.14. The fourth-order valence-corrected chi connectivity index (χ4v) is 1.60. The molecule has 0 unspecified atom stereocenters. The summed E-state index contributed by atoms with van der Waals surface area (Å²) in [6.07, 6.45) is -4.09. The molecule has 19 heavy (non-hydrogen) atoms. The van der Waals surface area contributed by atoms with Gasteiger partial charge in [-0.3, -0.25) is 0 Å². The number of rotatable bonds is 7. The van der Waals surface area contributed by atoms with E-state index in [0.717, 1.165) is 0 Å². The Morgan fingerprint density at radius 1 is 1.26 bits per heavy atom. The van der Waals surface area contributed by atoms with Crippen molar-refractivity contribution in [1.29, 1.82) is 0 Å². The summed E-state index contributed by atoms with van der Waals surface area (Å²) in [4.78, 5) is 0. The normalized spacial score (nSPS) is 12.4. The molecule has 0 radical (unpaired) electrons. The molecule has 0 bridgehead atoms. The highest BCUT2D eigenvalue weighted by Gasteiger charge is 2.27. The van der Waals surface area contributed by atoms with Crippen LogP contribution in [0.3, 0.4) is 0 Å². The first kappa shape index (κ1) is 15.9. The number of alkyl halides is 3. The number of ether oxygens (including phenoxy) is 1. The lowest BCUT2D eigenvalue weighted by Crippen LogP contribution is -2.19. The molecule has 1 N–H and O–H groups in total. The molecule has 8 heteroatoms. The maximum atomic E-state index is 11.9. The van der Waals surface area contributed by atoms with Crippen molar-refractivity contribution < 1.29 is 23.0 Å². The molecule has 1 aromatic heterocycles. The zero-order chi connectivity index (χ0) is 14.5. The van der Waals surface area contributed by atoms with Crippen molar-refractivity contribution >= 4 is 0 Å². The van der Waals surface area contributed by atoms with Gasteiger partial charge in [0.05, 0.1) is 6.61 Å². The number of aliphatic hydroxyl groups is 1. The lowest BCUT2D eigenvalue weighted by Gasteiger charge is -2.12. The van der Waals surface area contributed by atoms with Gasteiger partial charge >= 0.3 is 6.18 Å². The van der Waals surface area contributed by atoms with Crippen LogP contribution in [-0.2, 0) is 24.3 Å². The minimum absolute atomic E-state index is 0.0822. The van der Waals surface area contributed by atoms with Gasteiger partial charge in [-0.1, -0.05) is 13.8 Å². The van der Waals surface area contributed by atoms with Crippen molar-refractivity contribution in [3.63, 3.8) is 0 Å². The van der Waals surface area contributed by atoms with E-state index in [0.29, 0.717) is 24.1 Å². The van der Waals surface area contributed by atoms with Crippen molar-refractivity contribution in [2.45, 2.75) is 39.6 Å². The lowest BCUT2D eigenvalue weighted by molar-refractivity contribution is -0.173. The van der Waals surface area contributed by atoms with Gasteiger partial charge in [-0.05, 0) is 5.92 Å². The van der Waals surface area contributed by atoms with Crippen molar-refractivity contribution in [3.05, 3.63) is 11.6 Å². The van der Waals surface area contributed by atoms with Crippen molar-refractivity contribution in [2.24, 2.45) is 5.92 Å². The Bertz CT molecular complexity index is 391. The molecule has 1 heterocycles. The Balaban J connectivity index is 2.55. The van der Waals surface area contributed by atoms with E-state index >= 15 is 0 Å². The van der Waals surface area contributed by atoms with Crippen molar-refractivity contribution in [2.75, 3.05) is 13.2 Å². The number of aromatic nitrogens is 3. The second-order valence-corrected chi connectivity index (χ2v) is 4.61. The third-order valence-corrected chi connectivity index (χ3v) is 2.33. The van der Waals surface area contributed by atoms with E-state index in [1.54, 1.807) is 4.57 Å². The Labute approximate surface area is 109 Å². The number of nitrogens with zero attached hydrogens (tertiary/aromatic N) is 3. The Kier molecular flexibility index (Phi) is 5.74. The van der Waals surface area contributed by atoms with Gasteiger partial charge in [0.25, 0.3) is 0 Å². The predicted molar refractivity (Wildman–Crippen MR) is 61.4 cm³/mol. The molecular weight excluding hydrogens is 263 g/mol. The number of halogens is 3. The van der Waals surface area contributed by atoms with Crippen LogP contribution < -0.4 is 0 Å².